The van der Waals surface area contributed by atoms with Gasteiger partial charge in [-0.1, -0.05) is 55.1 Å². The standard InChI is InChI=1S/C13H7Br2Cl2NO/c14-8-3-1-7(2-4-8)13(19)18-12-10(16)5-9(15)6-11(12)17/h1-6H,(H,18,19). The number of benzene rings is 2. The average molecular weight is 424 g/mol. The SMILES string of the molecule is O=C(Nc1c(Cl)cc(Br)cc1Cl)c1ccc(Br)cc1. The first-order valence-corrected chi connectivity index (χ1v) is 7.53. The van der Waals surface area contributed by atoms with Crippen LogP contribution >= 0.6 is 55.1 Å². The Labute approximate surface area is 137 Å². The molecule has 0 heterocycles. The summed E-state index contributed by atoms with van der Waals surface area (Å²) in [7, 11) is 0. The van der Waals surface area contributed by atoms with Crippen molar-refractivity contribution in [2.24, 2.45) is 0 Å². The molecule has 2 aromatic carbocycles. The number of hydrogen-bond acceptors (Lipinski definition) is 1. The molecule has 0 aromatic heterocycles. The van der Waals surface area contributed by atoms with Crippen molar-refractivity contribution in [2.75, 3.05) is 5.32 Å². The number of amides is 1. The molecule has 0 saturated heterocycles. The molecule has 0 saturated carbocycles. The molecule has 98 valence electrons. The smallest absolute Gasteiger partial charge is 0.255 e. The minimum absolute atomic E-state index is 0.265. The lowest BCUT2D eigenvalue weighted by atomic mass is 10.2. The van der Waals surface area contributed by atoms with Crippen molar-refractivity contribution in [3.63, 3.8) is 0 Å². The van der Waals surface area contributed by atoms with E-state index in [0.717, 1.165) is 8.95 Å². The van der Waals surface area contributed by atoms with Crippen molar-refractivity contribution >= 4 is 66.7 Å². The number of carbonyl (C=O) groups is 1. The first-order chi connectivity index (χ1) is 8.97. The van der Waals surface area contributed by atoms with Gasteiger partial charge in [0.25, 0.3) is 5.91 Å². The van der Waals surface area contributed by atoms with Gasteiger partial charge >= 0.3 is 0 Å². The maximum Gasteiger partial charge on any atom is 0.255 e. The van der Waals surface area contributed by atoms with Gasteiger partial charge in [0.05, 0.1) is 15.7 Å². The maximum absolute atomic E-state index is 12.1. The van der Waals surface area contributed by atoms with E-state index >= 15 is 0 Å². The molecule has 2 aromatic rings. The summed E-state index contributed by atoms with van der Waals surface area (Å²) in [6.07, 6.45) is 0. The fourth-order valence-electron chi connectivity index (χ4n) is 1.45. The Hall–Kier alpha value is -0.550. The Morgan fingerprint density at radius 3 is 2.00 bits per heavy atom. The molecule has 0 spiro atoms. The first kappa shape index (κ1) is 14.9. The van der Waals surface area contributed by atoms with Crippen molar-refractivity contribution in [3.05, 3.63) is 61.0 Å². The van der Waals surface area contributed by atoms with Crippen LogP contribution < -0.4 is 5.32 Å². The summed E-state index contributed by atoms with van der Waals surface area (Å²) in [6, 6.07) is 10.3. The highest BCUT2D eigenvalue weighted by atomic mass is 79.9. The Morgan fingerprint density at radius 2 is 1.47 bits per heavy atom. The monoisotopic (exact) mass is 421 g/mol. The van der Waals surface area contributed by atoms with Gasteiger partial charge in [-0.3, -0.25) is 4.79 Å². The lowest BCUT2D eigenvalue weighted by Gasteiger charge is -2.10. The van der Waals surface area contributed by atoms with Gasteiger partial charge in [0.15, 0.2) is 0 Å². The molecule has 0 radical (unpaired) electrons. The summed E-state index contributed by atoms with van der Waals surface area (Å²) >= 11 is 18.7. The Balaban J connectivity index is 2.26. The molecule has 1 N–H and O–H groups in total. The number of anilines is 1. The lowest BCUT2D eigenvalue weighted by Crippen LogP contribution is -2.12. The summed E-state index contributed by atoms with van der Waals surface area (Å²) in [5, 5.41) is 3.46. The van der Waals surface area contributed by atoms with Gasteiger partial charge < -0.3 is 5.32 Å². The molecule has 0 aliphatic rings. The molecule has 6 heteroatoms. The summed E-state index contributed by atoms with van der Waals surface area (Å²) in [5.74, 6) is -0.265. The Kier molecular flexibility index (Phi) is 4.90. The van der Waals surface area contributed by atoms with E-state index < -0.39 is 0 Å². The Bertz CT molecular complexity index is 606. The van der Waals surface area contributed by atoms with E-state index in [1.807, 2.05) is 0 Å². The number of carbonyl (C=O) groups excluding carboxylic acids is 1. The van der Waals surface area contributed by atoms with Crippen molar-refractivity contribution in [1.82, 2.24) is 0 Å². The molecule has 2 nitrogen and oxygen atoms in total. The van der Waals surface area contributed by atoms with Crippen molar-refractivity contribution in [1.29, 1.82) is 0 Å². The van der Waals surface area contributed by atoms with E-state index in [-0.39, 0.29) is 5.91 Å². The Morgan fingerprint density at radius 1 is 0.947 bits per heavy atom. The summed E-state index contributed by atoms with van der Waals surface area (Å²) < 4.78 is 1.66. The molecular formula is C13H7Br2Cl2NO. The van der Waals surface area contributed by atoms with E-state index in [2.05, 4.69) is 37.2 Å². The van der Waals surface area contributed by atoms with Gasteiger partial charge in [-0.2, -0.15) is 0 Å². The molecule has 0 unspecified atom stereocenters. The van der Waals surface area contributed by atoms with Crippen LogP contribution in [-0.4, -0.2) is 5.91 Å². The van der Waals surface area contributed by atoms with Gasteiger partial charge in [0, 0.05) is 14.5 Å². The van der Waals surface area contributed by atoms with Gasteiger partial charge in [-0.05, 0) is 36.4 Å². The second-order valence-corrected chi connectivity index (χ2v) is 6.35. The molecular weight excluding hydrogens is 417 g/mol. The topological polar surface area (TPSA) is 29.1 Å². The van der Waals surface area contributed by atoms with Crippen LogP contribution in [0.2, 0.25) is 10.0 Å². The highest BCUT2D eigenvalue weighted by Gasteiger charge is 2.12. The fraction of sp³-hybridized carbons (Fsp3) is 0. The van der Waals surface area contributed by atoms with E-state index in [4.69, 9.17) is 23.2 Å². The third-order valence-electron chi connectivity index (χ3n) is 2.35. The molecule has 0 atom stereocenters. The quantitative estimate of drug-likeness (QED) is 0.652. The first-order valence-electron chi connectivity index (χ1n) is 5.19. The van der Waals surface area contributed by atoms with Crippen LogP contribution in [0.15, 0.2) is 45.3 Å². The van der Waals surface area contributed by atoms with Crippen LogP contribution in [0.1, 0.15) is 10.4 Å². The van der Waals surface area contributed by atoms with Gasteiger partial charge in [-0.15, -0.1) is 0 Å². The van der Waals surface area contributed by atoms with E-state index in [1.165, 1.54) is 0 Å². The summed E-state index contributed by atoms with van der Waals surface area (Å²) in [6.45, 7) is 0. The number of halogens is 4. The van der Waals surface area contributed by atoms with Gasteiger partial charge in [0.2, 0.25) is 0 Å². The molecule has 1 amide bonds. The van der Waals surface area contributed by atoms with E-state index in [9.17, 15) is 4.79 Å². The third kappa shape index (κ3) is 3.72. The zero-order valence-electron chi connectivity index (χ0n) is 9.38. The number of rotatable bonds is 2. The van der Waals surface area contributed by atoms with E-state index in [0.29, 0.717) is 21.3 Å². The third-order valence-corrected chi connectivity index (χ3v) is 3.93. The minimum Gasteiger partial charge on any atom is -0.319 e. The normalized spacial score (nSPS) is 10.3. The molecule has 0 aliphatic carbocycles. The molecule has 0 bridgehead atoms. The predicted octanol–water partition coefficient (Wildman–Crippen LogP) is 5.77. The summed E-state index contributed by atoms with van der Waals surface area (Å²) in [5.41, 5.74) is 0.928. The molecule has 0 aliphatic heterocycles. The van der Waals surface area contributed by atoms with Gasteiger partial charge in [0.1, 0.15) is 0 Å². The summed E-state index contributed by atoms with van der Waals surface area (Å²) in [4.78, 5) is 12.1. The van der Waals surface area contributed by atoms with Gasteiger partial charge in [-0.25, -0.2) is 0 Å². The number of nitrogens with one attached hydrogen (secondary N) is 1. The van der Waals surface area contributed by atoms with Crippen LogP contribution in [0.3, 0.4) is 0 Å². The van der Waals surface area contributed by atoms with Crippen LogP contribution in [0, 0.1) is 0 Å². The minimum atomic E-state index is -0.265. The highest BCUT2D eigenvalue weighted by Crippen LogP contribution is 2.34. The largest absolute Gasteiger partial charge is 0.319 e. The van der Waals surface area contributed by atoms with Crippen LogP contribution in [0.4, 0.5) is 5.69 Å². The van der Waals surface area contributed by atoms with Crippen LogP contribution in [0.25, 0.3) is 0 Å². The maximum atomic E-state index is 12.1. The average Bonchev–Trinajstić information content (AvgIpc) is 2.34. The second kappa shape index (κ2) is 6.27. The second-order valence-electron chi connectivity index (χ2n) is 3.71. The van der Waals surface area contributed by atoms with Crippen LogP contribution in [-0.2, 0) is 0 Å². The zero-order valence-corrected chi connectivity index (χ0v) is 14.1. The molecule has 19 heavy (non-hydrogen) atoms. The number of hydrogen-bond donors (Lipinski definition) is 1. The fourth-order valence-corrected chi connectivity index (χ4v) is 3.02. The molecule has 0 fully saturated rings. The molecule has 2 rings (SSSR count). The van der Waals surface area contributed by atoms with E-state index in [1.54, 1.807) is 36.4 Å². The predicted molar refractivity (Wildman–Crippen MR) is 86.3 cm³/mol. The highest BCUT2D eigenvalue weighted by molar-refractivity contribution is 9.10. The van der Waals surface area contributed by atoms with Crippen molar-refractivity contribution in [3.8, 4) is 0 Å². The van der Waals surface area contributed by atoms with Crippen molar-refractivity contribution in [2.45, 2.75) is 0 Å². The zero-order chi connectivity index (χ0) is 14.0. The van der Waals surface area contributed by atoms with Crippen LogP contribution in [0.5, 0.6) is 0 Å². The lowest BCUT2D eigenvalue weighted by molar-refractivity contribution is 0.102. The van der Waals surface area contributed by atoms with Crippen molar-refractivity contribution < 1.29 is 4.79 Å².